The number of ether oxygens (including phenoxy) is 1. The zero-order valence-corrected chi connectivity index (χ0v) is 8.80. The molecule has 0 saturated heterocycles. The van der Waals surface area contributed by atoms with E-state index in [1.54, 1.807) is 0 Å². The number of carboxylic acids is 1. The largest absolute Gasteiger partial charge is 0.481 e. The lowest BCUT2D eigenvalue weighted by molar-refractivity contribution is -0.136. The molecule has 5 heteroatoms. The standard InChI is InChI=1S/C10H14N2O3/c1-7(2)5-15-10-8(3-9(13)14)4-11-6-12-10/h4,6-7H,3,5H2,1-2H3,(H,13,14). The van der Waals surface area contributed by atoms with Crippen molar-refractivity contribution in [2.24, 2.45) is 5.92 Å². The number of aliphatic carboxylic acids is 1. The molecule has 0 amide bonds. The normalized spacial score (nSPS) is 10.3. The van der Waals surface area contributed by atoms with Gasteiger partial charge in [-0.3, -0.25) is 4.79 Å². The maximum Gasteiger partial charge on any atom is 0.308 e. The van der Waals surface area contributed by atoms with Crippen LogP contribution in [0.5, 0.6) is 5.88 Å². The van der Waals surface area contributed by atoms with Gasteiger partial charge in [-0.05, 0) is 5.92 Å². The Morgan fingerprint density at radius 3 is 2.93 bits per heavy atom. The average molecular weight is 210 g/mol. The third-order valence-corrected chi connectivity index (χ3v) is 1.64. The first-order valence-corrected chi connectivity index (χ1v) is 4.73. The SMILES string of the molecule is CC(C)COc1ncncc1CC(=O)O. The number of rotatable bonds is 5. The second kappa shape index (κ2) is 5.29. The Morgan fingerprint density at radius 1 is 1.60 bits per heavy atom. The number of aromatic nitrogens is 2. The summed E-state index contributed by atoms with van der Waals surface area (Å²) in [4.78, 5) is 18.2. The Morgan fingerprint density at radius 2 is 2.33 bits per heavy atom. The maximum atomic E-state index is 10.5. The quantitative estimate of drug-likeness (QED) is 0.788. The first-order chi connectivity index (χ1) is 7.09. The van der Waals surface area contributed by atoms with Crippen molar-refractivity contribution in [3.8, 4) is 5.88 Å². The molecule has 0 spiro atoms. The lowest BCUT2D eigenvalue weighted by Gasteiger charge is -2.09. The third kappa shape index (κ3) is 3.93. The Labute approximate surface area is 88.1 Å². The molecular formula is C10H14N2O3. The van der Waals surface area contributed by atoms with Gasteiger partial charge in [0.15, 0.2) is 0 Å². The van der Waals surface area contributed by atoms with Gasteiger partial charge in [0.2, 0.25) is 5.88 Å². The Hall–Kier alpha value is -1.65. The molecule has 0 saturated carbocycles. The van der Waals surface area contributed by atoms with Gasteiger partial charge in [-0.25, -0.2) is 9.97 Å². The number of hydrogen-bond acceptors (Lipinski definition) is 4. The topological polar surface area (TPSA) is 72.3 Å². The van der Waals surface area contributed by atoms with Crippen molar-refractivity contribution < 1.29 is 14.6 Å². The minimum absolute atomic E-state index is 0.117. The summed E-state index contributed by atoms with van der Waals surface area (Å²) in [5, 5.41) is 8.66. The molecular weight excluding hydrogens is 196 g/mol. The highest BCUT2D eigenvalue weighted by atomic mass is 16.5. The smallest absolute Gasteiger partial charge is 0.308 e. The van der Waals surface area contributed by atoms with Crippen molar-refractivity contribution >= 4 is 5.97 Å². The minimum Gasteiger partial charge on any atom is -0.481 e. The van der Waals surface area contributed by atoms with Crippen LogP contribution < -0.4 is 4.74 Å². The monoisotopic (exact) mass is 210 g/mol. The van der Waals surface area contributed by atoms with Crippen molar-refractivity contribution in [3.05, 3.63) is 18.1 Å². The van der Waals surface area contributed by atoms with E-state index in [-0.39, 0.29) is 6.42 Å². The second-order valence-electron chi connectivity index (χ2n) is 3.63. The lowest BCUT2D eigenvalue weighted by atomic mass is 10.2. The molecule has 1 aromatic heterocycles. The minimum atomic E-state index is -0.917. The van der Waals surface area contributed by atoms with Gasteiger partial charge in [-0.1, -0.05) is 13.8 Å². The Balaban J connectivity index is 2.72. The van der Waals surface area contributed by atoms with Gasteiger partial charge in [0.05, 0.1) is 13.0 Å². The first-order valence-electron chi connectivity index (χ1n) is 4.73. The molecule has 0 aliphatic rings. The zero-order chi connectivity index (χ0) is 11.3. The molecule has 82 valence electrons. The number of nitrogens with zero attached hydrogens (tertiary/aromatic N) is 2. The van der Waals surface area contributed by atoms with Crippen molar-refractivity contribution in [3.63, 3.8) is 0 Å². The molecule has 0 aromatic carbocycles. The summed E-state index contributed by atoms with van der Waals surface area (Å²) in [6.07, 6.45) is 2.70. The lowest BCUT2D eigenvalue weighted by Crippen LogP contribution is -2.10. The van der Waals surface area contributed by atoms with Gasteiger partial charge in [-0.15, -0.1) is 0 Å². The number of hydrogen-bond donors (Lipinski definition) is 1. The van der Waals surface area contributed by atoms with Crippen molar-refractivity contribution in [2.75, 3.05) is 6.61 Å². The highest BCUT2D eigenvalue weighted by Crippen LogP contribution is 2.14. The van der Waals surface area contributed by atoms with Gasteiger partial charge in [0, 0.05) is 11.8 Å². The molecule has 0 aliphatic carbocycles. The summed E-state index contributed by atoms with van der Waals surface area (Å²) in [5.41, 5.74) is 0.505. The van der Waals surface area contributed by atoms with Crippen LogP contribution in [0.25, 0.3) is 0 Å². The fourth-order valence-electron chi connectivity index (χ4n) is 1.01. The predicted octanol–water partition coefficient (Wildman–Crippen LogP) is 1.14. The van der Waals surface area contributed by atoms with Crippen molar-refractivity contribution in [2.45, 2.75) is 20.3 Å². The second-order valence-corrected chi connectivity index (χ2v) is 3.63. The van der Waals surface area contributed by atoms with E-state index in [0.717, 1.165) is 0 Å². The van der Waals surface area contributed by atoms with Gasteiger partial charge >= 0.3 is 5.97 Å². The summed E-state index contributed by atoms with van der Waals surface area (Å²) in [6.45, 7) is 4.54. The van der Waals surface area contributed by atoms with E-state index in [0.29, 0.717) is 24.0 Å². The molecule has 0 aliphatic heterocycles. The van der Waals surface area contributed by atoms with E-state index in [9.17, 15) is 4.79 Å². The third-order valence-electron chi connectivity index (χ3n) is 1.64. The summed E-state index contributed by atoms with van der Waals surface area (Å²) in [5.74, 6) is -0.182. The van der Waals surface area contributed by atoms with Gasteiger partial charge in [0.1, 0.15) is 6.33 Å². The van der Waals surface area contributed by atoms with Gasteiger partial charge in [-0.2, -0.15) is 0 Å². The predicted molar refractivity (Wildman–Crippen MR) is 53.7 cm³/mol. The van der Waals surface area contributed by atoms with Crippen LogP contribution in [0, 0.1) is 5.92 Å². The average Bonchev–Trinajstić information content (AvgIpc) is 2.15. The van der Waals surface area contributed by atoms with E-state index in [2.05, 4.69) is 9.97 Å². The number of carbonyl (C=O) groups is 1. The fourth-order valence-corrected chi connectivity index (χ4v) is 1.01. The summed E-state index contributed by atoms with van der Waals surface area (Å²) in [6, 6.07) is 0. The highest BCUT2D eigenvalue weighted by Gasteiger charge is 2.09. The highest BCUT2D eigenvalue weighted by molar-refractivity contribution is 5.70. The number of carboxylic acid groups (broad SMARTS) is 1. The Bertz CT molecular complexity index is 339. The molecule has 0 atom stereocenters. The van der Waals surface area contributed by atoms with Gasteiger partial charge < -0.3 is 9.84 Å². The van der Waals surface area contributed by atoms with Crippen LogP contribution in [-0.2, 0) is 11.2 Å². The Kier molecular flexibility index (Phi) is 4.03. The zero-order valence-electron chi connectivity index (χ0n) is 8.80. The van der Waals surface area contributed by atoms with E-state index < -0.39 is 5.97 Å². The molecule has 0 fully saturated rings. The van der Waals surface area contributed by atoms with E-state index in [1.165, 1.54) is 12.5 Å². The van der Waals surface area contributed by atoms with Crippen LogP contribution in [0.2, 0.25) is 0 Å². The van der Waals surface area contributed by atoms with Crippen LogP contribution in [0.3, 0.4) is 0 Å². The molecule has 1 aromatic rings. The van der Waals surface area contributed by atoms with Crippen molar-refractivity contribution in [1.29, 1.82) is 0 Å². The molecule has 0 radical (unpaired) electrons. The maximum absolute atomic E-state index is 10.5. The molecule has 0 bridgehead atoms. The molecule has 1 heterocycles. The van der Waals surface area contributed by atoms with Crippen LogP contribution >= 0.6 is 0 Å². The molecule has 1 rings (SSSR count). The summed E-state index contributed by atoms with van der Waals surface area (Å²) < 4.78 is 5.38. The molecule has 15 heavy (non-hydrogen) atoms. The first kappa shape index (κ1) is 11.4. The van der Waals surface area contributed by atoms with Crippen LogP contribution in [0.1, 0.15) is 19.4 Å². The molecule has 5 nitrogen and oxygen atoms in total. The molecule has 0 unspecified atom stereocenters. The van der Waals surface area contributed by atoms with Crippen LogP contribution in [0.4, 0.5) is 0 Å². The van der Waals surface area contributed by atoms with E-state index >= 15 is 0 Å². The van der Waals surface area contributed by atoms with Crippen LogP contribution in [0.15, 0.2) is 12.5 Å². The van der Waals surface area contributed by atoms with Crippen molar-refractivity contribution in [1.82, 2.24) is 9.97 Å². The van der Waals surface area contributed by atoms with E-state index in [1.807, 2.05) is 13.8 Å². The molecule has 1 N–H and O–H groups in total. The van der Waals surface area contributed by atoms with Crippen LogP contribution in [-0.4, -0.2) is 27.7 Å². The van der Waals surface area contributed by atoms with E-state index in [4.69, 9.17) is 9.84 Å². The summed E-state index contributed by atoms with van der Waals surface area (Å²) >= 11 is 0. The van der Waals surface area contributed by atoms with Gasteiger partial charge in [0.25, 0.3) is 0 Å². The fraction of sp³-hybridized carbons (Fsp3) is 0.500. The summed E-state index contributed by atoms with van der Waals surface area (Å²) in [7, 11) is 0.